The Morgan fingerprint density at radius 1 is 1.89 bits per heavy atom. The molecule has 1 unspecified atom stereocenters. The van der Waals surface area contributed by atoms with E-state index in [4.69, 9.17) is 4.42 Å². The van der Waals surface area contributed by atoms with Crippen LogP contribution in [0.15, 0.2) is 16.9 Å². The van der Waals surface area contributed by atoms with Crippen molar-refractivity contribution in [3.63, 3.8) is 0 Å². The first-order valence-corrected chi connectivity index (χ1v) is 2.89. The number of oxazole rings is 1. The van der Waals surface area contributed by atoms with Gasteiger partial charge in [0.15, 0.2) is 6.10 Å². The topological polar surface area (TPSA) is 45.9 Å². The molecule has 1 heterocycles. The molecule has 0 aliphatic rings. The highest BCUT2D eigenvalue weighted by molar-refractivity contribution is 4.83. The Balaban J connectivity index is 2.65. The van der Waals surface area contributed by atoms with Gasteiger partial charge in [-0.1, -0.05) is 6.92 Å². The van der Waals surface area contributed by atoms with Crippen molar-refractivity contribution in [3.8, 4) is 0 Å². The zero-order chi connectivity index (χ0) is 6.69. The van der Waals surface area contributed by atoms with Crippen LogP contribution in [0.1, 0.15) is 25.3 Å². The van der Waals surface area contributed by atoms with Gasteiger partial charge < -0.3 is 4.42 Å². The summed E-state index contributed by atoms with van der Waals surface area (Å²) in [6.07, 6.45) is 2.63. The van der Waals surface area contributed by atoms with Crippen LogP contribution in [0.4, 0.5) is 0 Å². The van der Waals surface area contributed by atoms with Crippen LogP contribution in [0.25, 0.3) is 0 Å². The summed E-state index contributed by atoms with van der Waals surface area (Å²) in [5.41, 5.74) is 0. The summed E-state index contributed by atoms with van der Waals surface area (Å²) >= 11 is 0. The minimum absolute atomic E-state index is 0.289. The summed E-state index contributed by atoms with van der Waals surface area (Å²) in [5.74, 6) is 0.289. The van der Waals surface area contributed by atoms with Crippen LogP contribution in [0.3, 0.4) is 0 Å². The number of hydrogen-bond acceptors (Lipinski definition) is 2. The number of aromatic nitrogens is 1. The van der Waals surface area contributed by atoms with Gasteiger partial charge in [0.05, 0.1) is 6.20 Å². The van der Waals surface area contributed by atoms with Gasteiger partial charge in [-0.3, -0.25) is 0 Å². The molecule has 0 bridgehead atoms. The maximum atomic E-state index is 10.8. The average molecular weight is 126 g/mol. The fourth-order valence-corrected chi connectivity index (χ4v) is 0.568. The van der Waals surface area contributed by atoms with Crippen LogP contribution < -0.4 is 0 Å². The fraction of sp³-hybridized carbons (Fsp3) is 0.500. The first-order chi connectivity index (χ1) is 4.34. The van der Waals surface area contributed by atoms with Gasteiger partial charge in [-0.05, 0) is 6.42 Å². The van der Waals surface area contributed by atoms with Crippen LogP contribution in [0.2, 0.25) is 0 Å². The Bertz CT molecular complexity index is 160. The lowest BCUT2D eigenvalue weighted by Gasteiger charge is -1.95. The molecule has 0 saturated heterocycles. The maximum Gasteiger partial charge on any atom is 0.226 e. The molecule has 1 rings (SSSR count). The summed E-state index contributed by atoms with van der Waals surface area (Å²) < 4.78 is 4.76. The van der Waals surface area contributed by atoms with Gasteiger partial charge in [-0.25, -0.2) is 10.1 Å². The maximum absolute atomic E-state index is 10.8. The van der Waals surface area contributed by atoms with Crippen molar-refractivity contribution in [2.75, 3.05) is 0 Å². The minimum atomic E-state index is -0.792. The van der Waals surface area contributed by atoms with Crippen LogP contribution in [-0.4, -0.2) is 4.98 Å². The first-order valence-electron chi connectivity index (χ1n) is 2.89. The Hall–Kier alpha value is -0.830. The van der Waals surface area contributed by atoms with Crippen LogP contribution in [0.5, 0.6) is 0 Å². The largest absolute Gasteiger partial charge is 0.446 e. The zero-order valence-electron chi connectivity index (χ0n) is 5.20. The predicted octanol–water partition coefficient (Wildman–Crippen LogP) is 1.56. The van der Waals surface area contributed by atoms with Gasteiger partial charge in [0.1, 0.15) is 6.26 Å². The Labute approximate surface area is 53.3 Å². The van der Waals surface area contributed by atoms with E-state index < -0.39 is 6.10 Å². The Morgan fingerprint density at radius 2 is 2.67 bits per heavy atom. The molecule has 1 radical (unpaired) electrons. The van der Waals surface area contributed by atoms with E-state index in [1.807, 2.05) is 6.92 Å². The number of hydrogen-bond donors (Lipinski definition) is 0. The molecule has 3 nitrogen and oxygen atoms in total. The third-order valence-electron chi connectivity index (χ3n) is 1.10. The predicted molar refractivity (Wildman–Crippen MR) is 30.2 cm³/mol. The molecule has 0 saturated carbocycles. The molecule has 1 atom stereocenters. The molecular weight excluding hydrogens is 118 g/mol. The lowest BCUT2D eigenvalue weighted by molar-refractivity contribution is 0.0612. The quantitative estimate of drug-likeness (QED) is 0.603. The van der Waals surface area contributed by atoms with E-state index in [0.29, 0.717) is 6.42 Å². The second-order valence-corrected chi connectivity index (χ2v) is 1.77. The van der Waals surface area contributed by atoms with Crippen molar-refractivity contribution in [3.05, 3.63) is 18.4 Å². The highest BCUT2D eigenvalue weighted by atomic mass is 16.4. The highest BCUT2D eigenvalue weighted by Crippen LogP contribution is 2.12. The van der Waals surface area contributed by atoms with Crippen molar-refractivity contribution in [2.45, 2.75) is 19.4 Å². The first kappa shape index (κ1) is 6.29. The van der Waals surface area contributed by atoms with Gasteiger partial charge in [0.2, 0.25) is 5.89 Å². The monoisotopic (exact) mass is 126 g/mol. The molecule has 9 heavy (non-hydrogen) atoms. The normalized spacial score (nSPS) is 13.6. The number of nitrogens with zero attached hydrogens (tertiary/aromatic N) is 1. The third kappa shape index (κ3) is 1.29. The van der Waals surface area contributed by atoms with E-state index in [0.717, 1.165) is 0 Å². The summed E-state index contributed by atoms with van der Waals surface area (Å²) in [4.78, 5) is 3.71. The molecular formula is C6H8NO2. The van der Waals surface area contributed by atoms with E-state index >= 15 is 0 Å². The number of rotatable bonds is 2. The van der Waals surface area contributed by atoms with Crippen LogP contribution in [-0.2, 0) is 5.11 Å². The molecule has 0 fully saturated rings. The van der Waals surface area contributed by atoms with Gasteiger partial charge in [0, 0.05) is 0 Å². The Morgan fingerprint density at radius 3 is 3.11 bits per heavy atom. The van der Waals surface area contributed by atoms with Crippen molar-refractivity contribution in [2.24, 2.45) is 0 Å². The molecule has 0 aromatic carbocycles. The highest BCUT2D eigenvalue weighted by Gasteiger charge is 2.09. The molecule has 3 heteroatoms. The Kier molecular flexibility index (Phi) is 1.85. The average Bonchev–Trinajstić information content (AvgIpc) is 2.37. The summed E-state index contributed by atoms with van der Waals surface area (Å²) in [5, 5.41) is 10.8. The van der Waals surface area contributed by atoms with Crippen molar-refractivity contribution < 1.29 is 9.52 Å². The van der Waals surface area contributed by atoms with Gasteiger partial charge in [-0.15, -0.1) is 0 Å². The van der Waals surface area contributed by atoms with E-state index in [1.165, 1.54) is 12.5 Å². The molecule has 0 N–H and O–H groups in total. The summed E-state index contributed by atoms with van der Waals surface area (Å²) in [7, 11) is 0. The second kappa shape index (κ2) is 2.64. The molecule has 1 aromatic heterocycles. The zero-order valence-corrected chi connectivity index (χ0v) is 5.20. The summed E-state index contributed by atoms with van der Waals surface area (Å²) in [6, 6.07) is 0. The van der Waals surface area contributed by atoms with E-state index in [-0.39, 0.29) is 5.89 Å². The standard InChI is InChI=1S/C6H8NO2/c1-2-5(8)6-7-3-4-9-6/h3-5H,2H2,1H3. The SMILES string of the molecule is CCC([O])c1ncco1. The van der Waals surface area contributed by atoms with Crippen LogP contribution >= 0.6 is 0 Å². The van der Waals surface area contributed by atoms with E-state index in [9.17, 15) is 5.11 Å². The van der Waals surface area contributed by atoms with Gasteiger partial charge >= 0.3 is 0 Å². The fourth-order valence-electron chi connectivity index (χ4n) is 0.568. The summed E-state index contributed by atoms with van der Waals surface area (Å²) in [6.45, 7) is 1.81. The third-order valence-corrected chi connectivity index (χ3v) is 1.10. The second-order valence-electron chi connectivity index (χ2n) is 1.77. The van der Waals surface area contributed by atoms with Crippen molar-refractivity contribution in [1.82, 2.24) is 4.98 Å². The molecule has 0 amide bonds. The lowest BCUT2D eigenvalue weighted by Crippen LogP contribution is -1.91. The van der Waals surface area contributed by atoms with E-state index in [2.05, 4.69) is 4.98 Å². The smallest absolute Gasteiger partial charge is 0.226 e. The molecule has 1 aromatic rings. The minimum Gasteiger partial charge on any atom is -0.446 e. The van der Waals surface area contributed by atoms with Crippen LogP contribution in [0, 0.1) is 0 Å². The lowest BCUT2D eigenvalue weighted by atomic mass is 10.3. The molecule has 0 aliphatic heterocycles. The van der Waals surface area contributed by atoms with Crippen molar-refractivity contribution in [1.29, 1.82) is 0 Å². The van der Waals surface area contributed by atoms with E-state index in [1.54, 1.807) is 0 Å². The molecule has 49 valence electrons. The van der Waals surface area contributed by atoms with Gasteiger partial charge in [-0.2, -0.15) is 0 Å². The molecule has 0 aliphatic carbocycles. The van der Waals surface area contributed by atoms with Gasteiger partial charge in [0.25, 0.3) is 0 Å². The molecule has 0 spiro atoms. The van der Waals surface area contributed by atoms with Crippen molar-refractivity contribution >= 4 is 0 Å².